The quantitative estimate of drug-likeness (QED) is 0.515. The number of aryl methyl sites for hydroxylation is 2. The topological polar surface area (TPSA) is 63.6 Å². The number of carboxylic acids is 1. The highest BCUT2D eigenvalue weighted by atomic mass is 16.5. The normalized spacial score (nSPS) is 11.2. The molecule has 0 bridgehead atoms. The van der Waals surface area contributed by atoms with Crippen LogP contribution in [0.5, 0.6) is 5.75 Å². The fourth-order valence-corrected chi connectivity index (χ4v) is 2.22. The highest BCUT2D eigenvalue weighted by Crippen LogP contribution is 2.20. The molecular weight excluding hydrogens is 292 g/mol. The Hall–Kier alpha value is -2.88. The molecule has 0 aliphatic carbocycles. The Labute approximate surface area is 135 Å². The van der Waals surface area contributed by atoms with Crippen LogP contribution in [0.4, 0.5) is 0 Å². The van der Waals surface area contributed by atoms with Gasteiger partial charge in [0.15, 0.2) is 5.78 Å². The standard InChI is InChI=1S/C19H18O4/c1-12-8-13(2)10-17(9-12)23-18(19(21)22)11-15-4-6-16(7-5-15)14(3)20/h4-11H,1-3H3,(H,21,22). The first-order chi connectivity index (χ1) is 10.8. The number of Topliss-reactive ketones (excluding diaryl/α,β-unsaturated/α-hetero) is 1. The van der Waals surface area contributed by atoms with E-state index in [1.54, 1.807) is 36.4 Å². The van der Waals surface area contributed by atoms with Crippen molar-refractivity contribution in [1.82, 2.24) is 0 Å². The molecule has 0 spiro atoms. The van der Waals surface area contributed by atoms with Crippen LogP contribution in [0.1, 0.15) is 34.0 Å². The van der Waals surface area contributed by atoms with Crippen molar-refractivity contribution >= 4 is 17.8 Å². The first-order valence-corrected chi connectivity index (χ1v) is 7.17. The summed E-state index contributed by atoms with van der Waals surface area (Å²) in [6, 6.07) is 12.2. The molecule has 0 saturated heterocycles. The van der Waals surface area contributed by atoms with Crippen LogP contribution >= 0.6 is 0 Å². The van der Waals surface area contributed by atoms with Crippen LogP contribution < -0.4 is 4.74 Å². The average molecular weight is 310 g/mol. The summed E-state index contributed by atoms with van der Waals surface area (Å²) in [5, 5.41) is 9.33. The molecule has 4 heteroatoms. The summed E-state index contributed by atoms with van der Waals surface area (Å²) < 4.78 is 5.51. The maximum absolute atomic E-state index is 11.4. The lowest BCUT2D eigenvalue weighted by atomic mass is 10.1. The van der Waals surface area contributed by atoms with Gasteiger partial charge in [-0.25, -0.2) is 4.79 Å². The van der Waals surface area contributed by atoms with Gasteiger partial charge in [0.2, 0.25) is 5.76 Å². The van der Waals surface area contributed by atoms with Crippen LogP contribution in [0.2, 0.25) is 0 Å². The van der Waals surface area contributed by atoms with Crippen LogP contribution in [-0.2, 0) is 4.79 Å². The molecule has 2 aromatic rings. The number of carbonyl (C=O) groups excluding carboxylic acids is 1. The van der Waals surface area contributed by atoms with E-state index in [4.69, 9.17) is 4.74 Å². The van der Waals surface area contributed by atoms with Gasteiger partial charge in [0.1, 0.15) is 5.75 Å². The smallest absolute Gasteiger partial charge is 0.371 e. The van der Waals surface area contributed by atoms with Gasteiger partial charge >= 0.3 is 5.97 Å². The zero-order valence-corrected chi connectivity index (χ0v) is 13.3. The summed E-state index contributed by atoms with van der Waals surface area (Å²) >= 11 is 0. The van der Waals surface area contributed by atoms with E-state index in [0.29, 0.717) is 16.9 Å². The van der Waals surface area contributed by atoms with Gasteiger partial charge in [-0.1, -0.05) is 30.3 Å². The highest BCUT2D eigenvalue weighted by Gasteiger charge is 2.11. The zero-order valence-electron chi connectivity index (χ0n) is 13.3. The summed E-state index contributed by atoms with van der Waals surface area (Å²) in [6.07, 6.45) is 1.43. The molecule has 0 aliphatic rings. The van der Waals surface area contributed by atoms with E-state index in [1.807, 2.05) is 19.9 Å². The molecule has 0 aliphatic heterocycles. The second-order valence-corrected chi connectivity index (χ2v) is 5.42. The van der Waals surface area contributed by atoms with Gasteiger partial charge in [-0.3, -0.25) is 4.79 Å². The predicted octanol–water partition coefficient (Wildman–Crippen LogP) is 4.01. The van der Waals surface area contributed by atoms with Gasteiger partial charge in [-0.15, -0.1) is 0 Å². The molecule has 2 aromatic carbocycles. The molecule has 4 nitrogen and oxygen atoms in total. The number of ketones is 1. The summed E-state index contributed by atoms with van der Waals surface area (Å²) in [7, 11) is 0. The fraction of sp³-hybridized carbons (Fsp3) is 0.158. The van der Waals surface area contributed by atoms with Gasteiger partial charge in [-0.05, 0) is 55.7 Å². The van der Waals surface area contributed by atoms with Crippen LogP contribution in [0, 0.1) is 13.8 Å². The summed E-state index contributed by atoms with van der Waals surface area (Å²) in [4.78, 5) is 22.7. The third-order valence-corrected chi connectivity index (χ3v) is 3.25. The first kappa shape index (κ1) is 16.5. The maximum atomic E-state index is 11.4. The second kappa shape index (κ2) is 6.92. The molecule has 0 unspecified atom stereocenters. The van der Waals surface area contributed by atoms with E-state index < -0.39 is 5.97 Å². The number of hydrogen-bond donors (Lipinski definition) is 1. The Kier molecular flexibility index (Phi) is 4.96. The van der Waals surface area contributed by atoms with E-state index in [0.717, 1.165) is 11.1 Å². The summed E-state index contributed by atoms with van der Waals surface area (Å²) in [5.41, 5.74) is 3.22. The van der Waals surface area contributed by atoms with Crippen molar-refractivity contribution in [3.63, 3.8) is 0 Å². The molecule has 0 amide bonds. The molecule has 1 N–H and O–H groups in total. The summed E-state index contributed by atoms with van der Waals surface area (Å²) in [5.74, 6) is -0.882. The third kappa shape index (κ3) is 4.54. The van der Waals surface area contributed by atoms with Gasteiger partial charge in [0.05, 0.1) is 0 Å². The number of benzene rings is 2. The van der Waals surface area contributed by atoms with E-state index in [2.05, 4.69) is 0 Å². The molecule has 0 radical (unpaired) electrons. The van der Waals surface area contributed by atoms with Crippen molar-refractivity contribution < 1.29 is 19.4 Å². The van der Waals surface area contributed by atoms with Crippen LogP contribution in [0.3, 0.4) is 0 Å². The van der Waals surface area contributed by atoms with Crippen LogP contribution in [0.15, 0.2) is 48.2 Å². The first-order valence-electron chi connectivity index (χ1n) is 7.17. The number of carbonyl (C=O) groups is 2. The van der Waals surface area contributed by atoms with Crippen molar-refractivity contribution in [3.05, 3.63) is 70.5 Å². The number of ether oxygens (including phenoxy) is 1. The van der Waals surface area contributed by atoms with Gasteiger partial charge < -0.3 is 9.84 Å². The summed E-state index contributed by atoms with van der Waals surface area (Å²) in [6.45, 7) is 5.33. The predicted molar refractivity (Wildman–Crippen MR) is 88.6 cm³/mol. The number of hydrogen-bond acceptors (Lipinski definition) is 3. The minimum absolute atomic E-state index is 0.0366. The number of aliphatic carboxylic acids is 1. The minimum atomic E-state index is -1.15. The van der Waals surface area contributed by atoms with E-state index in [1.165, 1.54) is 13.0 Å². The van der Waals surface area contributed by atoms with Crippen molar-refractivity contribution in [1.29, 1.82) is 0 Å². The lowest BCUT2D eigenvalue weighted by Crippen LogP contribution is -2.08. The maximum Gasteiger partial charge on any atom is 0.371 e. The lowest BCUT2D eigenvalue weighted by Gasteiger charge is -2.08. The average Bonchev–Trinajstić information content (AvgIpc) is 2.46. The monoisotopic (exact) mass is 310 g/mol. The molecule has 0 heterocycles. The molecule has 0 saturated carbocycles. The van der Waals surface area contributed by atoms with Crippen molar-refractivity contribution in [2.75, 3.05) is 0 Å². The largest absolute Gasteiger partial charge is 0.475 e. The van der Waals surface area contributed by atoms with Crippen molar-refractivity contribution in [2.45, 2.75) is 20.8 Å². The van der Waals surface area contributed by atoms with Crippen LogP contribution in [-0.4, -0.2) is 16.9 Å². The number of rotatable bonds is 5. The van der Waals surface area contributed by atoms with Crippen molar-refractivity contribution in [3.8, 4) is 5.75 Å². The Morgan fingerprint density at radius 1 is 1.00 bits per heavy atom. The van der Waals surface area contributed by atoms with E-state index in [-0.39, 0.29) is 11.5 Å². The third-order valence-electron chi connectivity index (χ3n) is 3.25. The minimum Gasteiger partial charge on any atom is -0.475 e. The van der Waals surface area contributed by atoms with Gasteiger partial charge in [-0.2, -0.15) is 0 Å². The molecule has 118 valence electrons. The lowest BCUT2D eigenvalue weighted by molar-refractivity contribution is -0.134. The van der Waals surface area contributed by atoms with E-state index >= 15 is 0 Å². The molecule has 2 rings (SSSR count). The van der Waals surface area contributed by atoms with Gasteiger partial charge in [0.25, 0.3) is 0 Å². The van der Waals surface area contributed by atoms with Crippen LogP contribution in [0.25, 0.3) is 6.08 Å². The zero-order chi connectivity index (χ0) is 17.0. The van der Waals surface area contributed by atoms with Crippen molar-refractivity contribution in [2.24, 2.45) is 0 Å². The Balaban J connectivity index is 2.30. The molecule has 0 atom stereocenters. The molecular formula is C19H18O4. The fourth-order valence-electron chi connectivity index (χ4n) is 2.22. The second-order valence-electron chi connectivity index (χ2n) is 5.42. The Morgan fingerprint density at radius 2 is 1.57 bits per heavy atom. The molecule has 0 aromatic heterocycles. The number of carboxylic acid groups (broad SMARTS) is 1. The highest BCUT2D eigenvalue weighted by molar-refractivity contribution is 5.94. The molecule has 0 fully saturated rings. The van der Waals surface area contributed by atoms with E-state index in [9.17, 15) is 14.7 Å². The molecule has 23 heavy (non-hydrogen) atoms. The Morgan fingerprint density at radius 3 is 2.04 bits per heavy atom. The SMILES string of the molecule is CC(=O)c1ccc(C=C(Oc2cc(C)cc(C)c2)C(=O)O)cc1. The van der Waals surface area contributed by atoms with Gasteiger partial charge in [0, 0.05) is 5.56 Å². The Bertz CT molecular complexity index is 750.